The Balaban J connectivity index is 2.29. The molecule has 0 amide bonds. The quantitative estimate of drug-likeness (QED) is 0.759. The molecule has 0 aliphatic rings. The minimum Gasteiger partial charge on any atom is -0.332 e. The molecule has 104 valence electrons. The monoisotopic (exact) mass is 280 g/mol. The Kier molecular flexibility index (Phi) is 2.81. The number of nitrogens with one attached hydrogen (secondary N) is 2. The van der Waals surface area contributed by atoms with Crippen LogP contribution in [0.1, 0.15) is 19.2 Å². The lowest BCUT2D eigenvalue weighted by molar-refractivity contribution is 0.134. The highest BCUT2D eigenvalue weighted by Crippen LogP contribution is 2.20. The number of alkyl halides is 2. The molecule has 9 heteroatoms. The fourth-order valence-electron chi connectivity index (χ4n) is 1.99. The molecule has 0 spiro atoms. The van der Waals surface area contributed by atoms with Gasteiger partial charge in [-0.25, -0.2) is 18.7 Å². The zero-order chi connectivity index (χ0) is 14.3. The fraction of sp³-hybridized carbons (Fsp3) is 0.273. The van der Waals surface area contributed by atoms with Gasteiger partial charge in [0, 0.05) is 12.7 Å². The summed E-state index contributed by atoms with van der Waals surface area (Å²) in [6.07, 6.45) is 0.245. The van der Waals surface area contributed by atoms with Crippen molar-refractivity contribution in [3.63, 3.8) is 0 Å². The number of nitrogens with zero attached hydrogens (tertiary/aromatic N) is 4. The highest BCUT2D eigenvalue weighted by Gasteiger charge is 2.20. The summed E-state index contributed by atoms with van der Waals surface area (Å²) in [6, 6.07) is 0. The fourth-order valence-corrected chi connectivity index (χ4v) is 1.99. The Bertz CT molecular complexity index is 804. The topological polar surface area (TPSA) is 92.2 Å². The smallest absolute Gasteiger partial charge is 0.295 e. The van der Waals surface area contributed by atoms with E-state index < -0.39 is 17.8 Å². The molecule has 0 aliphatic heterocycles. The van der Waals surface area contributed by atoms with Gasteiger partial charge in [-0.1, -0.05) is 0 Å². The summed E-state index contributed by atoms with van der Waals surface area (Å²) in [5, 5.41) is 6.37. The number of fused-ring (bicyclic) bond motifs is 1. The Hall–Kier alpha value is -2.58. The van der Waals surface area contributed by atoms with Crippen LogP contribution >= 0.6 is 0 Å². The summed E-state index contributed by atoms with van der Waals surface area (Å²) in [6.45, 7) is 1.72. The maximum Gasteiger partial charge on any atom is 0.295 e. The SMILES string of the molecule is CCn1c(C(F)F)nc2nc(-c3cn[nH]c3)[nH]c2c1=O. The number of hydrogen-bond donors (Lipinski definition) is 2. The van der Waals surface area contributed by atoms with Crippen LogP contribution in [0.15, 0.2) is 17.2 Å². The third-order valence-corrected chi connectivity index (χ3v) is 2.92. The number of H-pyrrole nitrogens is 2. The van der Waals surface area contributed by atoms with E-state index in [0.29, 0.717) is 11.4 Å². The molecule has 3 heterocycles. The summed E-state index contributed by atoms with van der Waals surface area (Å²) >= 11 is 0. The molecule has 0 bridgehead atoms. The Morgan fingerprint density at radius 2 is 2.20 bits per heavy atom. The van der Waals surface area contributed by atoms with Crippen molar-refractivity contribution in [2.45, 2.75) is 19.9 Å². The van der Waals surface area contributed by atoms with Crippen molar-refractivity contribution in [2.75, 3.05) is 0 Å². The number of aromatic nitrogens is 6. The number of imidazole rings is 1. The molecule has 7 nitrogen and oxygen atoms in total. The van der Waals surface area contributed by atoms with Gasteiger partial charge in [0.15, 0.2) is 17.0 Å². The first-order valence-corrected chi connectivity index (χ1v) is 5.89. The summed E-state index contributed by atoms with van der Waals surface area (Å²) < 4.78 is 26.8. The molecule has 0 fully saturated rings. The van der Waals surface area contributed by atoms with Crippen molar-refractivity contribution < 1.29 is 8.78 Å². The van der Waals surface area contributed by atoms with Gasteiger partial charge in [0.2, 0.25) is 0 Å². The predicted molar refractivity (Wildman–Crippen MR) is 66.4 cm³/mol. The molecule has 0 atom stereocenters. The van der Waals surface area contributed by atoms with E-state index in [-0.39, 0.29) is 17.7 Å². The van der Waals surface area contributed by atoms with Crippen LogP contribution in [0.4, 0.5) is 8.78 Å². The van der Waals surface area contributed by atoms with Gasteiger partial charge in [-0.3, -0.25) is 14.5 Å². The van der Waals surface area contributed by atoms with Gasteiger partial charge < -0.3 is 4.98 Å². The van der Waals surface area contributed by atoms with E-state index in [1.807, 2.05) is 0 Å². The summed E-state index contributed by atoms with van der Waals surface area (Å²) in [4.78, 5) is 22.8. The first kappa shape index (κ1) is 12.5. The van der Waals surface area contributed by atoms with Crippen LogP contribution in [0.2, 0.25) is 0 Å². The van der Waals surface area contributed by atoms with E-state index in [1.54, 1.807) is 13.1 Å². The van der Waals surface area contributed by atoms with E-state index in [1.165, 1.54) is 6.20 Å². The lowest BCUT2D eigenvalue weighted by Gasteiger charge is -2.07. The Labute approximate surface area is 110 Å². The Morgan fingerprint density at radius 3 is 2.80 bits per heavy atom. The van der Waals surface area contributed by atoms with Crippen LogP contribution in [0.5, 0.6) is 0 Å². The first-order valence-electron chi connectivity index (χ1n) is 5.89. The van der Waals surface area contributed by atoms with Gasteiger partial charge in [0.1, 0.15) is 5.82 Å². The average molecular weight is 280 g/mol. The van der Waals surface area contributed by atoms with E-state index in [9.17, 15) is 13.6 Å². The lowest BCUT2D eigenvalue weighted by atomic mass is 10.3. The first-order chi connectivity index (χ1) is 9.61. The van der Waals surface area contributed by atoms with Crippen LogP contribution in [0.3, 0.4) is 0 Å². The van der Waals surface area contributed by atoms with Crippen LogP contribution in [0, 0.1) is 0 Å². The summed E-state index contributed by atoms with van der Waals surface area (Å²) in [7, 11) is 0. The molecule has 0 aliphatic carbocycles. The second-order valence-electron chi connectivity index (χ2n) is 4.09. The molecule has 3 rings (SSSR count). The molecule has 0 aromatic carbocycles. The maximum absolute atomic E-state index is 12.9. The highest BCUT2D eigenvalue weighted by atomic mass is 19.3. The summed E-state index contributed by atoms with van der Waals surface area (Å²) in [5.41, 5.74) is 0.137. The van der Waals surface area contributed by atoms with E-state index >= 15 is 0 Å². The van der Waals surface area contributed by atoms with Gasteiger partial charge in [0.25, 0.3) is 12.0 Å². The van der Waals surface area contributed by atoms with Crippen molar-refractivity contribution in [3.8, 4) is 11.4 Å². The number of rotatable bonds is 3. The minimum absolute atomic E-state index is 0.0220. The summed E-state index contributed by atoms with van der Waals surface area (Å²) in [5.74, 6) is -0.220. The van der Waals surface area contributed by atoms with Crippen molar-refractivity contribution in [1.29, 1.82) is 0 Å². The molecule has 3 aromatic heterocycles. The van der Waals surface area contributed by atoms with Crippen molar-refractivity contribution in [3.05, 3.63) is 28.6 Å². The third kappa shape index (κ3) is 1.78. The van der Waals surface area contributed by atoms with Crippen molar-refractivity contribution >= 4 is 11.2 Å². The number of halogens is 2. The van der Waals surface area contributed by atoms with E-state index in [4.69, 9.17) is 0 Å². The molecule has 2 N–H and O–H groups in total. The average Bonchev–Trinajstić information content (AvgIpc) is 3.07. The predicted octanol–water partition coefficient (Wildman–Crippen LogP) is 1.47. The molecular weight excluding hydrogens is 270 g/mol. The molecule has 0 radical (unpaired) electrons. The number of aromatic amines is 2. The molecule has 20 heavy (non-hydrogen) atoms. The van der Waals surface area contributed by atoms with Gasteiger partial charge in [-0.05, 0) is 6.92 Å². The van der Waals surface area contributed by atoms with Crippen LogP contribution in [-0.4, -0.2) is 29.7 Å². The van der Waals surface area contributed by atoms with Gasteiger partial charge in [-0.2, -0.15) is 5.10 Å². The zero-order valence-corrected chi connectivity index (χ0v) is 10.4. The molecular formula is C11H10F2N6O. The van der Waals surface area contributed by atoms with Gasteiger partial charge in [0.05, 0.1) is 11.8 Å². The zero-order valence-electron chi connectivity index (χ0n) is 10.4. The van der Waals surface area contributed by atoms with E-state index in [2.05, 4.69) is 25.1 Å². The number of hydrogen-bond acceptors (Lipinski definition) is 4. The standard InChI is InChI=1S/C11H10F2N6O/c1-2-19-10(7(12)13)18-9-6(11(19)20)16-8(17-9)5-3-14-15-4-5/h3-4,7H,2H2,1H3,(H,14,15)(H,16,17). The largest absolute Gasteiger partial charge is 0.332 e. The van der Waals surface area contributed by atoms with Crippen LogP contribution in [0.25, 0.3) is 22.6 Å². The van der Waals surface area contributed by atoms with Crippen LogP contribution < -0.4 is 5.56 Å². The second kappa shape index (κ2) is 4.51. The molecule has 3 aromatic rings. The Morgan fingerprint density at radius 1 is 1.40 bits per heavy atom. The lowest BCUT2D eigenvalue weighted by Crippen LogP contribution is -2.25. The maximum atomic E-state index is 12.9. The molecule has 0 saturated heterocycles. The van der Waals surface area contributed by atoms with Gasteiger partial charge in [-0.15, -0.1) is 0 Å². The normalized spacial score (nSPS) is 11.6. The van der Waals surface area contributed by atoms with Crippen molar-refractivity contribution in [2.24, 2.45) is 0 Å². The molecule has 0 saturated carbocycles. The minimum atomic E-state index is -2.83. The van der Waals surface area contributed by atoms with Crippen molar-refractivity contribution in [1.82, 2.24) is 29.7 Å². The van der Waals surface area contributed by atoms with Gasteiger partial charge >= 0.3 is 0 Å². The van der Waals surface area contributed by atoms with E-state index in [0.717, 1.165) is 4.57 Å². The second-order valence-corrected chi connectivity index (χ2v) is 4.09. The highest BCUT2D eigenvalue weighted by molar-refractivity contribution is 5.74. The third-order valence-electron chi connectivity index (χ3n) is 2.92. The van der Waals surface area contributed by atoms with Crippen LogP contribution in [-0.2, 0) is 6.54 Å². The molecule has 0 unspecified atom stereocenters.